The molecule has 17 heavy (non-hydrogen) atoms. The maximum absolute atomic E-state index is 4.72. The van der Waals surface area contributed by atoms with Crippen molar-refractivity contribution < 1.29 is 0 Å². The summed E-state index contributed by atoms with van der Waals surface area (Å²) in [5.74, 6) is 6.58. The van der Waals surface area contributed by atoms with Crippen LogP contribution in [0.25, 0.3) is 0 Å². The minimum atomic E-state index is 0.767. The standard InChI is InChI=1S/C13H21N3S/c1-10-2-3-13-14-12(15-16(13)9-10)8-11-4-6-17-7-5-11/h10-11H,2-9H2,1H3. The molecule has 2 aliphatic heterocycles. The van der Waals surface area contributed by atoms with Crippen LogP contribution in [0.5, 0.6) is 0 Å². The summed E-state index contributed by atoms with van der Waals surface area (Å²) in [5.41, 5.74) is 0. The lowest BCUT2D eigenvalue weighted by atomic mass is 9.99. The van der Waals surface area contributed by atoms with Crippen molar-refractivity contribution in [3.63, 3.8) is 0 Å². The average molecular weight is 251 g/mol. The van der Waals surface area contributed by atoms with Gasteiger partial charge in [0, 0.05) is 19.4 Å². The van der Waals surface area contributed by atoms with Crippen molar-refractivity contribution >= 4 is 11.8 Å². The van der Waals surface area contributed by atoms with E-state index in [9.17, 15) is 0 Å². The van der Waals surface area contributed by atoms with Gasteiger partial charge in [0.1, 0.15) is 5.82 Å². The van der Waals surface area contributed by atoms with Gasteiger partial charge in [0.2, 0.25) is 0 Å². The zero-order valence-corrected chi connectivity index (χ0v) is 11.4. The molecule has 1 fully saturated rings. The molecule has 0 spiro atoms. The summed E-state index contributed by atoms with van der Waals surface area (Å²) in [6.07, 6.45) is 6.21. The van der Waals surface area contributed by atoms with E-state index in [4.69, 9.17) is 10.1 Å². The fraction of sp³-hybridized carbons (Fsp3) is 0.846. The van der Waals surface area contributed by atoms with Crippen LogP contribution in [0.3, 0.4) is 0 Å². The molecule has 3 rings (SSSR count). The lowest BCUT2D eigenvalue weighted by Gasteiger charge is -2.19. The molecule has 1 aromatic heterocycles. The molecule has 2 aliphatic rings. The van der Waals surface area contributed by atoms with E-state index >= 15 is 0 Å². The second-order valence-corrected chi connectivity index (χ2v) is 6.75. The smallest absolute Gasteiger partial charge is 0.151 e. The number of nitrogens with zero attached hydrogens (tertiary/aromatic N) is 3. The second-order valence-electron chi connectivity index (χ2n) is 5.53. The van der Waals surface area contributed by atoms with Crippen LogP contribution in [0.15, 0.2) is 0 Å². The predicted molar refractivity (Wildman–Crippen MR) is 71.3 cm³/mol. The van der Waals surface area contributed by atoms with Gasteiger partial charge in [-0.2, -0.15) is 16.9 Å². The van der Waals surface area contributed by atoms with Crippen molar-refractivity contribution in [1.82, 2.24) is 14.8 Å². The van der Waals surface area contributed by atoms with Gasteiger partial charge in [0.05, 0.1) is 0 Å². The number of aryl methyl sites for hydroxylation is 1. The molecule has 1 saturated heterocycles. The highest BCUT2D eigenvalue weighted by atomic mass is 32.2. The topological polar surface area (TPSA) is 30.7 Å². The van der Waals surface area contributed by atoms with Crippen LogP contribution in [0.4, 0.5) is 0 Å². The summed E-state index contributed by atoms with van der Waals surface area (Å²) in [4.78, 5) is 4.72. The highest BCUT2D eigenvalue weighted by Gasteiger charge is 2.21. The van der Waals surface area contributed by atoms with Crippen molar-refractivity contribution in [1.29, 1.82) is 0 Å². The predicted octanol–water partition coefficient (Wildman–Crippen LogP) is 2.55. The number of fused-ring (bicyclic) bond motifs is 1. The van der Waals surface area contributed by atoms with E-state index < -0.39 is 0 Å². The molecule has 0 N–H and O–H groups in total. The van der Waals surface area contributed by atoms with Crippen molar-refractivity contribution in [3.05, 3.63) is 11.6 Å². The van der Waals surface area contributed by atoms with Gasteiger partial charge in [-0.05, 0) is 42.6 Å². The molecule has 0 saturated carbocycles. The summed E-state index contributed by atoms with van der Waals surface area (Å²) in [6.45, 7) is 3.38. The summed E-state index contributed by atoms with van der Waals surface area (Å²) in [5, 5.41) is 4.69. The van der Waals surface area contributed by atoms with Crippen LogP contribution in [0.2, 0.25) is 0 Å². The van der Waals surface area contributed by atoms with E-state index in [1.165, 1.54) is 36.6 Å². The van der Waals surface area contributed by atoms with E-state index in [0.717, 1.165) is 37.0 Å². The Balaban J connectivity index is 1.67. The largest absolute Gasteiger partial charge is 0.250 e. The Bertz CT molecular complexity index is 382. The first-order valence-corrected chi connectivity index (χ1v) is 7.97. The van der Waals surface area contributed by atoms with Crippen LogP contribution in [0, 0.1) is 11.8 Å². The summed E-state index contributed by atoms with van der Waals surface area (Å²) < 4.78 is 2.15. The van der Waals surface area contributed by atoms with Gasteiger partial charge < -0.3 is 0 Å². The fourth-order valence-electron chi connectivity index (χ4n) is 2.81. The molecule has 0 bridgehead atoms. The Morgan fingerprint density at radius 2 is 2.12 bits per heavy atom. The van der Waals surface area contributed by atoms with Gasteiger partial charge in [-0.3, -0.25) is 0 Å². The third kappa shape index (κ3) is 2.67. The maximum atomic E-state index is 4.72. The lowest BCUT2D eigenvalue weighted by Crippen LogP contribution is -2.19. The molecule has 0 radical (unpaired) electrons. The lowest BCUT2D eigenvalue weighted by molar-refractivity contribution is 0.366. The van der Waals surface area contributed by atoms with Crippen molar-refractivity contribution in [2.75, 3.05) is 11.5 Å². The van der Waals surface area contributed by atoms with Gasteiger partial charge in [-0.25, -0.2) is 9.67 Å². The van der Waals surface area contributed by atoms with Gasteiger partial charge in [0.25, 0.3) is 0 Å². The highest BCUT2D eigenvalue weighted by Crippen LogP contribution is 2.26. The summed E-state index contributed by atoms with van der Waals surface area (Å²) in [6, 6.07) is 0. The van der Waals surface area contributed by atoms with E-state index in [1.54, 1.807) is 0 Å². The summed E-state index contributed by atoms with van der Waals surface area (Å²) >= 11 is 2.09. The van der Waals surface area contributed by atoms with Gasteiger partial charge in [-0.1, -0.05) is 6.92 Å². The molecule has 3 heterocycles. The molecule has 3 nitrogen and oxygen atoms in total. The first-order chi connectivity index (χ1) is 8.31. The Labute approximate surface area is 107 Å². The third-order valence-corrected chi connectivity index (χ3v) is 5.00. The molecule has 1 atom stereocenters. The zero-order chi connectivity index (χ0) is 11.7. The van der Waals surface area contributed by atoms with Crippen molar-refractivity contribution in [2.45, 2.75) is 45.6 Å². The average Bonchev–Trinajstić information content (AvgIpc) is 2.71. The van der Waals surface area contributed by atoms with Crippen LogP contribution in [-0.2, 0) is 19.4 Å². The van der Waals surface area contributed by atoms with E-state index in [-0.39, 0.29) is 0 Å². The first-order valence-electron chi connectivity index (χ1n) is 6.81. The number of hydrogen-bond acceptors (Lipinski definition) is 3. The summed E-state index contributed by atoms with van der Waals surface area (Å²) in [7, 11) is 0. The Morgan fingerprint density at radius 3 is 2.94 bits per heavy atom. The van der Waals surface area contributed by atoms with Gasteiger partial charge >= 0.3 is 0 Å². The molecule has 1 unspecified atom stereocenters. The number of thioether (sulfide) groups is 1. The quantitative estimate of drug-likeness (QED) is 0.809. The van der Waals surface area contributed by atoms with E-state index in [0.29, 0.717) is 0 Å². The highest BCUT2D eigenvalue weighted by molar-refractivity contribution is 7.99. The Hall–Kier alpha value is -0.510. The molecule has 4 heteroatoms. The fourth-order valence-corrected chi connectivity index (χ4v) is 4.02. The van der Waals surface area contributed by atoms with Crippen LogP contribution >= 0.6 is 11.8 Å². The van der Waals surface area contributed by atoms with Crippen molar-refractivity contribution in [2.24, 2.45) is 11.8 Å². The maximum Gasteiger partial charge on any atom is 0.151 e. The number of rotatable bonds is 2. The Kier molecular flexibility index (Phi) is 3.41. The van der Waals surface area contributed by atoms with Crippen LogP contribution < -0.4 is 0 Å². The van der Waals surface area contributed by atoms with Gasteiger partial charge in [-0.15, -0.1) is 0 Å². The van der Waals surface area contributed by atoms with E-state index in [1.807, 2.05) is 0 Å². The molecule has 0 amide bonds. The first kappa shape index (κ1) is 11.6. The molecular weight excluding hydrogens is 230 g/mol. The van der Waals surface area contributed by atoms with E-state index in [2.05, 4.69) is 23.4 Å². The minimum Gasteiger partial charge on any atom is -0.250 e. The third-order valence-electron chi connectivity index (χ3n) is 3.95. The molecule has 0 aliphatic carbocycles. The zero-order valence-electron chi connectivity index (χ0n) is 10.6. The normalized spacial score (nSPS) is 25.8. The molecule has 0 aromatic carbocycles. The minimum absolute atomic E-state index is 0.767. The number of aromatic nitrogens is 3. The number of hydrogen-bond donors (Lipinski definition) is 0. The van der Waals surface area contributed by atoms with Gasteiger partial charge in [0.15, 0.2) is 5.82 Å². The van der Waals surface area contributed by atoms with Crippen molar-refractivity contribution in [3.8, 4) is 0 Å². The second kappa shape index (κ2) is 5.01. The molecule has 94 valence electrons. The monoisotopic (exact) mass is 251 g/mol. The van der Waals surface area contributed by atoms with Crippen LogP contribution in [-0.4, -0.2) is 26.3 Å². The SMILES string of the molecule is CC1CCc2nc(CC3CCSCC3)nn2C1. The molecular formula is C13H21N3S. The van der Waals surface area contributed by atoms with Crippen LogP contribution in [0.1, 0.15) is 37.8 Å². The molecule has 1 aromatic rings. The Morgan fingerprint density at radius 1 is 1.29 bits per heavy atom.